The Kier molecular flexibility index (Phi) is 4.63. The molecule has 20 heavy (non-hydrogen) atoms. The van der Waals surface area contributed by atoms with Crippen LogP contribution in [0, 0.1) is 0 Å². The van der Waals surface area contributed by atoms with Gasteiger partial charge in [0.1, 0.15) is 11.5 Å². The van der Waals surface area contributed by atoms with Crippen molar-refractivity contribution in [1.29, 1.82) is 0 Å². The van der Waals surface area contributed by atoms with E-state index in [1.165, 1.54) is 0 Å². The predicted octanol–water partition coefficient (Wildman–Crippen LogP) is 4.42. The van der Waals surface area contributed by atoms with Crippen molar-refractivity contribution in [2.24, 2.45) is 0 Å². The molecule has 0 radical (unpaired) electrons. The fourth-order valence-corrected chi connectivity index (χ4v) is 1.88. The molecule has 2 aromatic rings. The monoisotopic (exact) mass is 290 g/mol. The highest BCUT2D eigenvalue weighted by Gasteiger charge is 2.10. The van der Waals surface area contributed by atoms with Gasteiger partial charge in [0.15, 0.2) is 0 Å². The molecule has 1 aromatic heterocycles. The number of nitrogens with one attached hydrogen (secondary N) is 1. The summed E-state index contributed by atoms with van der Waals surface area (Å²) in [5.41, 5.74) is 1.21. The molecule has 106 valence electrons. The molecular weight excluding hydrogens is 272 g/mol. The van der Waals surface area contributed by atoms with Crippen LogP contribution in [0.4, 0.5) is 0 Å². The Balaban J connectivity index is 2.06. The molecule has 0 bridgehead atoms. The summed E-state index contributed by atoms with van der Waals surface area (Å²) in [6.07, 6.45) is 3.36. The van der Waals surface area contributed by atoms with Gasteiger partial charge in [-0.1, -0.05) is 17.7 Å². The number of benzene rings is 1. The Morgan fingerprint density at radius 3 is 2.65 bits per heavy atom. The molecule has 0 amide bonds. The van der Waals surface area contributed by atoms with Crippen molar-refractivity contribution < 1.29 is 4.74 Å². The van der Waals surface area contributed by atoms with Crippen molar-refractivity contribution in [2.45, 2.75) is 32.9 Å². The van der Waals surface area contributed by atoms with Crippen LogP contribution in [0.2, 0.25) is 5.02 Å². The minimum Gasteiger partial charge on any atom is -0.454 e. The van der Waals surface area contributed by atoms with E-state index in [9.17, 15) is 0 Å². The highest BCUT2D eigenvalue weighted by Crippen LogP contribution is 2.29. The van der Waals surface area contributed by atoms with E-state index in [1.807, 2.05) is 30.3 Å². The van der Waals surface area contributed by atoms with Gasteiger partial charge in [-0.2, -0.15) is 0 Å². The van der Waals surface area contributed by atoms with Gasteiger partial charge in [-0.3, -0.25) is 4.98 Å². The second-order valence-electron chi connectivity index (χ2n) is 5.66. The predicted molar refractivity (Wildman–Crippen MR) is 82.4 cm³/mol. The molecule has 0 aliphatic carbocycles. The summed E-state index contributed by atoms with van der Waals surface area (Å²) in [7, 11) is 0. The number of hydrogen-bond acceptors (Lipinski definition) is 3. The van der Waals surface area contributed by atoms with E-state index >= 15 is 0 Å². The average Bonchev–Trinajstić information content (AvgIpc) is 2.40. The Bertz CT molecular complexity index is 564. The lowest BCUT2D eigenvalue weighted by molar-refractivity contribution is 0.424. The molecule has 2 rings (SSSR count). The van der Waals surface area contributed by atoms with E-state index in [-0.39, 0.29) is 5.54 Å². The first-order valence-corrected chi connectivity index (χ1v) is 6.93. The van der Waals surface area contributed by atoms with Gasteiger partial charge >= 0.3 is 0 Å². The fourth-order valence-electron chi connectivity index (χ4n) is 1.64. The Morgan fingerprint density at radius 1 is 1.25 bits per heavy atom. The van der Waals surface area contributed by atoms with Gasteiger partial charge < -0.3 is 10.1 Å². The highest BCUT2D eigenvalue weighted by atomic mass is 35.5. The molecule has 0 saturated carbocycles. The van der Waals surface area contributed by atoms with Gasteiger partial charge in [0.05, 0.1) is 11.2 Å². The second-order valence-corrected chi connectivity index (χ2v) is 6.07. The summed E-state index contributed by atoms with van der Waals surface area (Å²) < 4.78 is 5.69. The number of ether oxygens (including phenoxy) is 1. The van der Waals surface area contributed by atoms with Crippen LogP contribution < -0.4 is 10.1 Å². The Labute approximate surface area is 124 Å². The summed E-state index contributed by atoms with van der Waals surface area (Å²) in [5.74, 6) is 1.31. The van der Waals surface area contributed by atoms with Crippen LogP contribution in [0.5, 0.6) is 11.5 Å². The maximum absolute atomic E-state index is 6.26. The van der Waals surface area contributed by atoms with Crippen molar-refractivity contribution >= 4 is 11.6 Å². The third-order valence-corrected chi connectivity index (χ3v) is 2.98. The van der Waals surface area contributed by atoms with E-state index in [0.717, 1.165) is 12.1 Å². The molecule has 0 spiro atoms. The average molecular weight is 291 g/mol. The van der Waals surface area contributed by atoms with E-state index in [0.29, 0.717) is 16.5 Å². The fraction of sp³-hybridized carbons (Fsp3) is 0.312. The van der Waals surface area contributed by atoms with Gasteiger partial charge in [0.2, 0.25) is 0 Å². The SMILES string of the molecule is CC(C)(C)NCc1ccc(Oc2cccnc2)c(Cl)c1. The molecule has 0 aliphatic rings. The van der Waals surface area contributed by atoms with Gasteiger partial charge in [-0.25, -0.2) is 0 Å². The van der Waals surface area contributed by atoms with Gasteiger partial charge in [-0.15, -0.1) is 0 Å². The standard InChI is InChI=1S/C16H19ClN2O/c1-16(2,3)19-10-12-6-7-15(14(17)9-12)20-13-5-4-8-18-11-13/h4-9,11,19H,10H2,1-3H3. The lowest BCUT2D eigenvalue weighted by Gasteiger charge is -2.20. The summed E-state index contributed by atoms with van der Waals surface area (Å²) in [6, 6.07) is 9.49. The van der Waals surface area contributed by atoms with Gasteiger partial charge in [-0.05, 0) is 50.6 Å². The minimum atomic E-state index is 0.0807. The molecule has 1 N–H and O–H groups in total. The first kappa shape index (κ1) is 14.8. The molecule has 4 heteroatoms. The molecular formula is C16H19ClN2O. The Morgan fingerprint density at radius 2 is 2.05 bits per heavy atom. The summed E-state index contributed by atoms with van der Waals surface area (Å²) >= 11 is 6.26. The maximum atomic E-state index is 6.26. The number of aromatic nitrogens is 1. The number of nitrogens with zero attached hydrogens (tertiary/aromatic N) is 1. The molecule has 0 aliphatic heterocycles. The summed E-state index contributed by atoms with van der Waals surface area (Å²) in [4.78, 5) is 4.01. The molecule has 0 fully saturated rings. The molecule has 0 unspecified atom stereocenters. The topological polar surface area (TPSA) is 34.1 Å². The second kappa shape index (κ2) is 6.25. The lowest BCUT2D eigenvalue weighted by Crippen LogP contribution is -2.35. The summed E-state index contributed by atoms with van der Waals surface area (Å²) in [5, 5.41) is 4.02. The van der Waals surface area contributed by atoms with Crippen LogP contribution in [-0.4, -0.2) is 10.5 Å². The zero-order chi connectivity index (χ0) is 14.6. The molecule has 1 heterocycles. The van der Waals surface area contributed by atoms with Crippen molar-refractivity contribution in [3.63, 3.8) is 0 Å². The van der Waals surface area contributed by atoms with E-state index in [1.54, 1.807) is 12.4 Å². The number of pyridine rings is 1. The number of halogens is 1. The quantitative estimate of drug-likeness (QED) is 0.905. The summed E-state index contributed by atoms with van der Waals surface area (Å²) in [6.45, 7) is 7.17. The van der Waals surface area contributed by atoms with Crippen LogP contribution in [0.3, 0.4) is 0 Å². The van der Waals surface area contributed by atoms with Crippen molar-refractivity contribution in [3.8, 4) is 11.5 Å². The first-order chi connectivity index (χ1) is 9.44. The first-order valence-electron chi connectivity index (χ1n) is 6.55. The van der Waals surface area contributed by atoms with Crippen molar-refractivity contribution in [1.82, 2.24) is 10.3 Å². The van der Waals surface area contributed by atoms with Crippen LogP contribution in [0.25, 0.3) is 0 Å². The molecule has 1 aromatic carbocycles. The van der Waals surface area contributed by atoms with Crippen LogP contribution in [-0.2, 0) is 6.54 Å². The third kappa shape index (κ3) is 4.51. The molecule has 3 nitrogen and oxygen atoms in total. The maximum Gasteiger partial charge on any atom is 0.146 e. The lowest BCUT2D eigenvalue weighted by atomic mass is 10.1. The van der Waals surface area contributed by atoms with Crippen LogP contribution in [0.15, 0.2) is 42.7 Å². The van der Waals surface area contributed by atoms with Crippen molar-refractivity contribution in [3.05, 3.63) is 53.3 Å². The van der Waals surface area contributed by atoms with Crippen LogP contribution in [0.1, 0.15) is 26.3 Å². The normalized spacial score (nSPS) is 11.4. The smallest absolute Gasteiger partial charge is 0.146 e. The molecule has 0 atom stereocenters. The zero-order valence-electron chi connectivity index (χ0n) is 12.0. The van der Waals surface area contributed by atoms with Crippen molar-refractivity contribution in [2.75, 3.05) is 0 Å². The zero-order valence-corrected chi connectivity index (χ0v) is 12.7. The van der Waals surface area contributed by atoms with E-state index in [2.05, 4.69) is 31.1 Å². The highest BCUT2D eigenvalue weighted by molar-refractivity contribution is 6.32. The molecule has 0 saturated heterocycles. The third-order valence-electron chi connectivity index (χ3n) is 2.68. The van der Waals surface area contributed by atoms with Gasteiger partial charge in [0.25, 0.3) is 0 Å². The largest absolute Gasteiger partial charge is 0.454 e. The van der Waals surface area contributed by atoms with Gasteiger partial charge in [0, 0.05) is 18.3 Å². The number of rotatable bonds is 4. The van der Waals surface area contributed by atoms with Crippen LogP contribution >= 0.6 is 11.6 Å². The van der Waals surface area contributed by atoms with E-state index in [4.69, 9.17) is 16.3 Å². The Hall–Kier alpha value is -1.58. The number of hydrogen-bond donors (Lipinski definition) is 1. The minimum absolute atomic E-state index is 0.0807. The van der Waals surface area contributed by atoms with E-state index < -0.39 is 0 Å².